The molecule has 0 unspecified atom stereocenters. The average Bonchev–Trinajstić information content (AvgIpc) is 2.52. The van der Waals surface area contributed by atoms with Crippen molar-refractivity contribution >= 4 is 0 Å². The van der Waals surface area contributed by atoms with Crippen LogP contribution in [0.1, 0.15) is 32.0 Å². The molecule has 12 heavy (non-hydrogen) atoms. The summed E-state index contributed by atoms with van der Waals surface area (Å²) in [6.45, 7) is 4.04. The molecule has 0 saturated heterocycles. The van der Waals surface area contributed by atoms with Crippen LogP contribution < -0.4 is 5.73 Å². The summed E-state index contributed by atoms with van der Waals surface area (Å²) in [5.41, 5.74) is 5.73. The summed E-state index contributed by atoms with van der Waals surface area (Å²) in [5.74, 6) is 1.41. The molecule has 0 fully saturated rings. The number of hydrogen-bond acceptors (Lipinski definition) is 4. The monoisotopic (exact) mass is 169 g/mol. The van der Waals surface area contributed by atoms with E-state index in [4.69, 9.17) is 10.3 Å². The smallest absolute Gasteiger partial charge is 0.228 e. The van der Waals surface area contributed by atoms with Crippen LogP contribution >= 0.6 is 0 Å². The number of rotatable bonds is 4. The van der Waals surface area contributed by atoms with Crippen LogP contribution in [0.3, 0.4) is 0 Å². The van der Waals surface area contributed by atoms with Gasteiger partial charge >= 0.3 is 0 Å². The maximum atomic E-state index is 5.73. The molecule has 2 N–H and O–H groups in total. The fraction of sp³-hybridized carbons (Fsp3) is 0.750. The molecule has 0 radical (unpaired) electrons. The minimum Gasteiger partial charge on any atom is -0.339 e. The van der Waals surface area contributed by atoms with Gasteiger partial charge in [0.05, 0.1) is 0 Å². The molecule has 0 amide bonds. The van der Waals surface area contributed by atoms with E-state index in [1.807, 2.05) is 13.8 Å². The number of aryl methyl sites for hydroxylation is 1. The van der Waals surface area contributed by atoms with Gasteiger partial charge < -0.3 is 10.3 Å². The summed E-state index contributed by atoms with van der Waals surface area (Å²) < 4.78 is 4.99. The first-order chi connectivity index (χ1) is 5.76. The van der Waals surface area contributed by atoms with E-state index in [0.29, 0.717) is 12.3 Å². The SMILES string of the molecule is CCc1noc(C[C@@H](N)CC)n1. The lowest BCUT2D eigenvalue weighted by molar-refractivity contribution is 0.363. The van der Waals surface area contributed by atoms with Gasteiger partial charge in [-0.3, -0.25) is 0 Å². The van der Waals surface area contributed by atoms with Gasteiger partial charge in [-0.05, 0) is 6.42 Å². The largest absolute Gasteiger partial charge is 0.339 e. The molecular formula is C8H15N3O. The topological polar surface area (TPSA) is 64.9 Å². The first-order valence-electron chi connectivity index (χ1n) is 4.33. The van der Waals surface area contributed by atoms with E-state index in [-0.39, 0.29) is 6.04 Å². The van der Waals surface area contributed by atoms with Gasteiger partial charge in [0.2, 0.25) is 5.89 Å². The molecule has 0 spiro atoms. The highest BCUT2D eigenvalue weighted by atomic mass is 16.5. The van der Waals surface area contributed by atoms with E-state index in [2.05, 4.69) is 10.1 Å². The van der Waals surface area contributed by atoms with Gasteiger partial charge in [0.1, 0.15) is 0 Å². The second-order valence-corrected chi connectivity index (χ2v) is 2.83. The van der Waals surface area contributed by atoms with Crippen LogP contribution in [0.25, 0.3) is 0 Å². The normalized spacial score (nSPS) is 13.2. The van der Waals surface area contributed by atoms with Crippen LogP contribution in [0.15, 0.2) is 4.52 Å². The standard InChI is InChI=1S/C8H15N3O/c1-3-6(9)5-8-10-7(4-2)11-12-8/h6H,3-5,9H2,1-2H3/t6-/m0/s1. The van der Waals surface area contributed by atoms with E-state index in [1.165, 1.54) is 0 Å². The van der Waals surface area contributed by atoms with Gasteiger partial charge in [-0.1, -0.05) is 19.0 Å². The second-order valence-electron chi connectivity index (χ2n) is 2.83. The van der Waals surface area contributed by atoms with Gasteiger partial charge in [-0.25, -0.2) is 0 Å². The maximum absolute atomic E-state index is 5.73. The molecule has 0 bridgehead atoms. The molecule has 1 aromatic rings. The minimum atomic E-state index is 0.134. The van der Waals surface area contributed by atoms with Crippen LogP contribution in [-0.4, -0.2) is 16.2 Å². The number of nitrogens with zero attached hydrogens (tertiary/aromatic N) is 2. The lowest BCUT2D eigenvalue weighted by Crippen LogP contribution is -2.21. The van der Waals surface area contributed by atoms with Crippen LogP contribution in [0.5, 0.6) is 0 Å². The molecule has 1 aromatic heterocycles. The van der Waals surface area contributed by atoms with Crippen LogP contribution in [0.4, 0.5) is 0 Å². The highest BCUT2D eigenvalue weighted by Gasteiger charge is 2.08. The summed E-state index contributed by atoms with van der Waals surface area (Å²) in [6, 6.07) is 0.134. The molecule has 4 nitrogen and oxygen atoms in total. The molecule has 0 saturated carbocycles. The van der Waals surface area contributed by atoms with E-state index in [9.17, 15) is 0 Å². The van der Waals surface area contributed by atoms with Gasteiger partial charge in [-0.15, -0.1) is 0 Å². The van der Waals surface area contributed by atoms with Gasteiger partial charge in [0.25, 0.3) is 0 Å². The Morgan fingerprint density at radius 1 is 1.50 bits per heavy atom. The van der Waals surface area contributed by atoms with Crippen molar-refractivity contribution in [1.82, 2.24) is 10.1 Å². The summed E-state index contributed by atoms with van der Waals surface area (Å²) >= 11 is 0. The summed E-state index contributed by atoms with van der Waals surface area (Å²) in [6.07, 6.45) is 2.43. The van der Waals surface area contributed by atoms with E-state index in [0.717, 1.165) is 18.7 Å². The quantitative estimate of drug-likeness (QED) is 0.727. The Morgan fingerprint density at radius 3 is 2.75 bits per heavy atom. The number of aromatic nitrogens is 2. The third-order valence-electron chi connectivity index (χ3n) is 1.79. The van der Waals surface area contributed by atoms with Crippen molar-refractivity contribution < 1.29 is 4.52 Å². The molecule has 0 aliphatic carbocycles. The van der Waals surface area contributed by atoms with Crippen molar-refractivity contribution in [3.8, 4) is 0 Å². The molecule has 68 valence electrons. The van der Waals surface area contributed by atoms with Crippen molar-refractivity contribution in [3.63, 3.8) is 0 Å². The molecule has 0 aromatic carbocycles. The minimum absolute atomic E-state index is 0.134. The molecule has 0 aliphatic heterocycles. The predicted molar refractivity (Wildman–Crippen MR) is 45.6 cm³/mol. The lowest BCUT2D eigenvalue weighted by Gasteiger charge is -2.02. The maximum Gasteiger partial charge on any atom is 0.228 e. The average molecular weight is 169 g/mol. The van der Waals surface area contributed by atoms with E-state index >= 15 is 0 Å². The van der Waals surface area contributed by atoms with Crippen LogP contribution in [0.2, 0.25) is 0 Å². The Hall–Kier alpha value is -0.900. The van der Waals surface area contributed by atoms with Crippen LogP contribution in [0, 0.1) is 0 Å². The third-order valence-corrected chi connectivity index (χ3v) is 1.79. The van der Waals surface area contributed by atoms with E-state index in [1.54, 1.807) is 0 Å². The Morgan fingerprint density at radius 2 is 2.25 bits per heavy atom. The number of nitrogens with two attached hydrogens (primary N) is 1. The van der Waals surface area contributed by atoms with Crippen molar-refractivity contribution in [2.24, 2.45) is 5.73 Å². The van der Waals surface area contributed by atoms with Crippen molar-refractivity contribution in [1.29, 1.82) is 0 Å². The summed E-state index contributed by atoms with van der Waals surface area (Å²) in [4.78, 5) is 4.16. The fourth-order valence-corrected chi connectivity index (χ4v) is 0.885. The molecule has 1 heterocycles. The number of hydrogen-bond donors (Lipinski definition) is 1. The first-order valence-corrected chi connectivity index (χ1v) is 4.33. The third kappa shape index (κ3) is 2.30. The zero-order chi connectivity index (χ0) is 8.97. The fourth-order valence-electron chi connectivity index (χ4n) is 0.885. The van der Waals surface area contributed by atoms with Crippen molar-refractivity contribution in [2.75, 3.05) is 0 Å². The highest BCUT2D eigenvalue weighted by Crippen LogP contribution is 2.02. The summed E-state index contributed by atoms with van der Waals surface area (Å²) in [5, 5.41) is 3.78. The zero-order valence-electron chi connectivity index (χ0n) is 7.58. The van der Waals surface area contributed by atoms with Crippen molar-refractivity contribution in [3.05, 3.63) is 11.7 Å². The van der Waals surface area contributed by atoms with E-state index < -0.39 is 0 Å². The zero-order valence-corrected chi connectivity index (χ0v) is 7.58. The first kappa shape index (κ1) is 9.19. The Bertz CT molecular complexity index is 234. The Balaban J connectivity index is 2.52. The highest BCUT2D eigenvalue weighted by molar-refractivity contribution is 4.87. The molecule has 4 heteroatoms. The molecule has 1 atom stereocenters. The molecular weight excluding hydrogens is 154 g/mol. The predicted octanol–water partition coefficient (Wildman–Crippen LogP) is 0.912. The Kier molecular flexibility index (Phi) is 3.22. The van der Waals surface area contributed by atoms with Gasteiger partial charge in [-0.2, -0.15) is 4.98 Å². The molecule has 1 rings (SSSR count). The van der Waals surface area contributed by atoms with Gasteiger partial charge in [0.15, 0.2) is 5.82 Å². The Labute approximate surface area is 72.1 Å². The second kappa shape index (κ2) is 4.21. The lowest BCUT2D eigenvalue weighted by atomic mass is 10.2. The molecule has 0 aliphatic rings. The van der Waals surface area contributed by atoms with Crippen LogP contribution in [-0.2, 0) is 12.8 Å². The van der Waals surface area contributed by atoms with Gasteiger partial charge in [0, 0.05) is 18.9 Å². The summed E-state index contributed by atoms with van der Waals surface area (Å²) in [7, 11) is 0. The van der Waals surface area contributed by atoms with Crippen molar-refractivity contribution in [2.45, 2.75) is 39.2 Å².